The first-order valence-corrected chi connectivity index (χ1v) is 15.3. The van der Waals surface area contributed by atoms with Crippen molar-refractivity contribution in [3.05, 3.63) is 140 Å². The molecule has 40 heavy (non-hydrogen) atoms. The first-order valence-electron chi connectivity index (χ1n) is 13.4. The second kappa shape index (κ2) is 15.3. The van der Waals surface area contributed by atoms with Crippen molar-refractivity contribution >= 4 is 14.8 Å². The van der Waals surface area contributed by atoms with E-state index in [4.69, 9.17) is 18.0 Å². The van der Waals surface area contributed by atoms with Crippen LogP contribution in [0.1, 0.15) is 30.0 Å². The third-order valence-corrected chi connectivity index (χ3v) is 8.57. The predicted octanol–water partition coefficient (Wildman–Crippen LogP) is 7.86. The molecule has 5 nitrogen and oxygen atoms in total. The molecule has 6 heteroatoms. The summed E-state index contributed by atoms with van der Waals surface area (Å²) in [7, 11) is -3.62. The summed E-state index contributed by atoms with van der Waals surface area (Å²) < 4.78 is 26.0. The van der Waals surface area contributed by atoms with Gasteiger partial charge in [-0.2, -0.15) is 0 Å². The van der Waals surface area contributed by atoms with Gasteiger partial charge in [-0.05, 0) is 67.5 Å². The Hall–Kier alpha value is -4.29. The minimum Gasteiger partial charge on any atom is -0.483 e. The summed E-state index contributed by atoms with van der Waals surface area (Å²) in [5.41, 5.74) is 3.25. The highest BCUT2D eigenvalue weighted by atomic mass is 28.4. The molecule has 0 aromatic heterocycles. The Morgan fingerprint density at radius 1 is 0.700 bits per heavy atom. The minimum atomic E-state index is -3.62. The molecule has 0 fully saturated rings. The molecule has 0 atom stereocenters. The standard InChI is InChI=1S/C34H38O5Si/c1-6-16-28-19-9-12-22-31(28)37-40(26-15-25-36-34(35)27(4)5,38-32-23-13-10-20-29(32)17-7-2)39-33-24-14-11-21-30(33)18-8-3/h6-14,19-24H,1-4,15-18,25-26H2,5H3. The lowest BCUT2D eigenvalue weighted by Gasteiger charge is -2.32. The van der Waals surface area contributed by atoms with E-state index >= 15 is 0 Å². The van der Waals surface area contributed by atoms with Crippen molar-refractivity contribution in [1.29, 1.82) is 0 Å². The van der Waals surface area contributed by atoms with Gasteiger partial charge in [0.25, 0.3) is 0 Å². The van der Waals surface area contributed by atoms with Gasteiger partial charge in [0.1, 0.15) is 17.2 Å². The number of allylic oxidation sites excluding steroid dienone is 3. The van der Waals surface area contributed by atoms with E-state index in [2.05, 4.69) is 26.3 Å². The monoisotopic (exact) mass is 554 g/mol. The van der Waals surface area contributed by atoms with E-state index < -0.39 is 14.8 Å². The Labute approximate surface area is 239 Å². The number of benzene rings is 3. The quantitative estimate of drug-likeness (QED) is 0.0559. The molecule has 3 aromatic carbocycles. The fourth-order valence-electron chi connectivity index (χ4n) is 4.08. The molecular formula is C34H38O5Si. The number of esters is 1. The molecule has 3 rings (SSSR count). The lowest BCUT2D eigenvalue weighted by molar-refractivity contribution is -0.138. The predicted molar refractivity (Wildman–Crippen MR) is 164 cm³/mol. The first-order chi connectivity index (χ1) is 19.4. The molecule has 0 aliphatic rings. The van der Waals surface area contributed by atoms with E-state index in [-0.39, 0.29) is 6.61 Å². The average molecular weight is 555 g/mol. The maximum Gasteiger partial charge on any atom is 0.699 e. The normalized spacial score (nSPS) is 10.7. The van der Waals surface area contributed by atoms with Crippen molar-refractivity contribution in [2.24, 2.45) is 0 Å². The number of rotatable bonds is 17. The molecule has 0 aliphatic heterocycles. The summed E-state index contributed by atoms with van der Waals surface area (Å²) >= 11 is 0. The molecule has 0 aliphatic carbocycles. The van der Waals surface area contributed by atoms with Crippen molar-refractivity contribution in [3.8, 4) is 17.2 Å². The summed E-state index contributed by atoms with van der Waals surface area (Å²) in [6.45, 7) is 17.2. The third-order valence-electron chi connectivity index (χ3n) is 6.02. The summed E-state index contributed by atoms with van der Waals surface area (Å²) in [4.78, 5) is 12.1. The van der Waals surface area contributed by atoms with Gasteiger partial charge in [-0.15, -0.1) is 19.7 Å². The number of carbonyl (C=O) groups excluding carboxylic acids is 1. The zero-order valence-electron chi connectivity index (χ0n) is 23.3. The summed E-state index contributed by atoms with van der Waals surface area (Å²) in [5.74, 6) is 1.56. The van der Waals surface area contributed by atoms with E-state index in [0.717, 1.165) is 16.7 Å². The van der Waals surface area contributed by atoms with Gasteiger partial charge in [-0.3, -0.25) is 0 Å². The maximum absolute atomic E-state index is 12.1. The zero-order chi connectivity index (χ0) is 28.8. The highest BCUT2D eigenvalue weighted by Crippen LogP contribution is 2.33. The van der Waals surface area contributed by atoms with E-state index in [9.17, 15) is 4.79 Å². The van der Waals surface area contributed by atoms with Gasteiger partial charge in [-0.1, -0.05) is 79.4 Å². The smallest absolute Gasteiger partial charge is 0.483 e. The van der Waals surface area contributed by atoms with Crippen LogP contribution in [-0.2, 0) is 28.8 Å². The van der Waals surface area contributed by atoms with Crippen LogP contribution in [0.25, 0.3) is 0 Å². The fourth-order valence-corrected chi connectivity index (χ4v) is 6.69. The van der Waals surface area contributed by atoms with E-state index in [1.807, 2.05) is 91.0 Å². The van der Waals surface area contributed by atoms with Crippen LogP contribution in [0.3, 0.4) is 0 Å². The van der Waals surface area contributed by atoms with Crippen molar-refractivity contribution in [2.75, 3.05) is 6.61 Å². The van der Waals surface area contributed by atoms with E-state index in [1.165, 1.54) is 0 Å². The van der Waals surface area contributed by atoms with Crippen LogP contribution in [0, 0.1) is 0 Å². The molecule has 0 spiro atoms. The number of ether oxygens (including phenoxy) is 1. The van der Waals surface area contributed by atoms with Crippen molar-refractivity contribution in [2.45, 2.75) is 38.7 Å². The third kappa shape index (κ3) is 8.61. The second-order valence-corrected chi connectivity index (χ2v) is 11.8. The molecule has 0 heterocycles. The van der Waals surface area contributed by atoms with Gasteiger partial charge >= 0.3 is 14.8 Å². The molecule has 0 saturated heterocycles. The van der Waals surface area contributed by atoms with Crippen molar-refractivity contribution in [3.63, 3.8) is 0 Å². The van der Waals surface area contributed by atoms with Crippen molar-refractivity contribution in [1.82, 2.24) is 0 Å². The number of para-hydroxylation sites is 3. The summed E-state index contributed by atoms with van der Waals surface area (Å²) in [6, 6.07) is 23.8. The van der Waals surface area contributed by atoms with Crippen LogP contribution in [0.5, 0.6) is 17.2 Å². The lowest BCUT2D eigenvalue weighted by Crippen LogP contribution is -2.55. The summed E-state index contributed by atoms with van der Waals surface area (Å²) in [6.07, 6.45) is 7.84. The van der Waals surface area contributed by atoms with E-state index in [0.29, 0.717) is 54.5 Å². The molecule has 0 radical (unpaired) electrons. The molecule has 208 valence electrons. The van der Waals surface area contributed by atoms with Crippen LogP contribution in [0.15, 0.2) is 123 Å². The number of hydrogen-bond acceptors (Lipinski definition) is 5. The van der Waals surface area contributed by atoms with Gasteiger partial charge < -0.3 is 18.0 Å². The average Bonchev–Trinajstić information content (AvgIpc) is 2.94. The Balaban J connectivity index is 2.11. The topological polar surface area (TPSA) is 54.0 Å². The van der Waals surface area contributed by atoms with Crippen LogP contribution in [0.2, 0.25) is 6.04 Å². The maximum atomic E-state index is 12.1. The number of carbonyl (C=O) groups is 1. The summed E-state index contributed by atoms with van der Waals surface area (Å²) in [5, 5.41) is 0. The van der Waals surface area contributed by atoms with E-state index in [1.54, 1.807) is 6.92 Å². The lowest BCUT2D eigenvalue weighted by atomic mass is 10.1. The highest BCUT2D eigenvalue weighted by Gasteiger charge is 2.50. The first kappa shape index (κ1) is 30.3. The molecule has 0 amide bonds. The van der Waals surface area contributed by atoms with Gasteiger partial charge in [0, 0.05) is 5.57 Å². The Kier molecular flexibility index (Phi) is 11.6. The van der Waals surface area contributed by atoms with Crippen LogP contribution in [-0.4, -0.2) is 21.4 Å². The molecule has 0 N–H and O–H groups in total. The Morgan fingerprint density at radius 2 is 1.07 bits per heavy atom. The minimum absolute atomic E-state index is 0.174. The molecule has 0 unspecified atom stereocenters. The largest absolute Gasteiger partial charge is 0.699 e. The molecule has 3 aromatic rings. The number of hydrogen-bond donors (Lipinski definition) is 0. The van der Waals surface area contributed by atoms with Gasteiger partial charge in [-0.25, -0.2) is 4.79 Å². The van der Waals surface area contributed by atoms with Crippen LogP contribution < -0.4 is 13.3 Å². The SMILES string of the molecule is C=CCc1ccccc1O[Si](CCCOC(=O)C(=C)C)(Oc1ccccc1CC=C)Oc1ccccc1CC=C. The second-order valence-electron chi connectivity index (χ2n) is 9.31. The Bertz CT molecular complexity index is 1190. The van der Waals surface area contributed by atoms with Gasteiger partial charge in [0.15, 0.2) is 0 Å². The van der Waals surface area contributed by atoms with Gasteiger partial charge in [0.05, 0.1) is 12.7 Å². The Morgan fingerprint density at radius 3 is 1.43 bits per heavy atom. The van der Waals surface area contributed by atoms with Crippen molar-refractivity contribution < 1.29 is 22.8 Å². The van der Waals surface area contributed by atoms with Crippen LogP contribution >= 0.6 is 0 Å². The molecule has 0 saturated carbocycles. The van der Waals surface area contributed by atoms with Gasteiger partial charge in [0.2, 0.25) is 0 Å². The molecule has 0 bridgehead atoms. The van der Waals surface area contributed by atoms with Crippen LogP contribution in [0.4, 0.5) is 0 Å². The highest BCUT2D eigenvalue weighted by molar-refractivity contribution is 6.63. The molecular weight excluding hydrogens is 516 g/mol. The zero-order valence-corrected chi connectivity index (χ0v) is 24.3. The fraction of sp³-hybridized carbons (Fsp3) is 0.206.